The van der Waals surface area contributed by atoms with Crippen molar-refractivity contribution in [2.75, 3.05) is 30.8 Å². The third-order valence-corrected chi connectivity index (χ3v) is 14.3. The summed E-state index contributed by atoms with van der Waals surface area (Å²) >= 11 is 1.45. The van der Waals surface area contributed by atoms with E-state index in [0.29, 0.717) is 52.4 Å². The summed E-state index contributed by atoms with van der Waals surface area (Å²) in [7, 11) is -2.83. The van der Waals surface area contributed by atoms with Crippen LogP contribution < -0.4 is 35.5 Å². The van der Waals surface area contributed by atoms with Gasteiger partial charge in [0.15, 0.2) is 5.13 Å². The highest BCUT2D eigenvalue weighted by Crippen LogP contribution is 2.46. The maximum Gasteiger partial charge on any atom is 0.407 e. The predicted octanol–water partition coefficient (Wildman–Crippen LogP) is 7.79. The minimum absolute atomic E-state index is 0.0209. The Kier molecular flexibility index (Phi) is 15.8. The molecule has 69 heavy (non-hydrogen) atoms. The lowest BCUT2D eigenvalue weighted by molar-refractivity contribution is -0.140. The van der Waals surface area contributed by atoms with Crippen LogP contribution in [0.4, 0.5) is 15.6 Å². The first-order chi connectivity index (χ1) is 32.7. The SMILES string of the molecule is COc1ccc2c(O[C@@H]3C[C@@H](C(=O)N[C@]45C[C@H]4/C=C\CCCCCNc4ccccc4S(=O)(=O)NC5=O)N(C(=O)C[C@H](CC(C)C)NC(=O)OC(C)(C)C)C3)cc(-c3csc(NC(C)C)n3)nc2c1. The average Bonchev–Trinajstić information content (AvgIpc) is 3.53. The molecule has 4 aromatic rings. The molecule has 3 aliphatic rings. The largest absolute Gasteiger partial charge is 0.497 e. The van der Waals surface area contributed by atoms with Crippen LogP contribution in [-0.2, 0) is 29.1 Å². The van der Waals surface area contributed by atoms with E-state index in [9.17, 15) is 27.6 Å². The van der Waals surface area contributed by atoms with Crippen LogP contribution >= 0.6 is 11.3 Å². The molecular weight excluding hydrogens is 921 g/mol. The molecule has 4 amide bonds. The minimum atomic E-state index is -4.40. The highest BCUT2D eigenvalue weighted by Gasteiger charge is 2.61. The lowest BCUT2D eigenvalue weighted by Gasteiger charge is -2.29. The molecule has 0 unspecified atom stereocenters. The van der Waals surface area contributed by atoms with Gasteiger partial charge in [0.25, 0.3) is 15.9 Å². The summed E-state index contributed by atoms with van der Waals surface area (Å²) in [5.41, 5.74) is -0.291. The van der Waals surface area contributed by atoms with Gasteiger partial charge in [-0.1, -0.05) is 44.6 Å². The number of hydrogen-bond donors (Lipinski definition) is 5. The number of methoxy groups -OCH3 is 1. The number of amides is 4. The topological polar surface area (TPSA) is 219 Å². The summed E-state index contributed by atoms with van der Waals surface area (Å²) < 4.78 is 48.1. The number of para-hydroxylation sites is 1. The zero-order valence-corrected chi connectivity index (χ0v) is 42.4. The predicted molar refractivity (Wildman–Crippen MR) is 267 cm³/mol. The second-order valence-corrected chi connectivity index (χ2v) is 22.4. The summed E-state index contributed by atoms with van der Waals surface area (Å²) in [4.78, 5) is 68.1. The quantitative estimate of drug-likeness (QED) is 0.0809. The summed E-state index contributed by atoms with van der Waals surface area (Å²) in [6, 6.07) is 12.0. The van der Waals surface area contributed by atoms with E-state index >= 15 is 0 Å². The number of carbonyl (C=O) groups is 4. The molecule has 2 aromatic carbocycles. The minimum Gasteiger partial charge on any atom is -0.497 e. The number of sulfonamides is 1. The molecule has 1 saturated carbocycles. The lowest BCUT2D eigenvalue weighted by Crippen LogP contribution is -2.56. The Hall–Kier alpha value is -5.95. The van der Waals surface area contributed by atoms with Crippen molar-refractivity contribution in [1.29, 1.82) is 0 Å². The van der Waals surface area contributed by atoms with E-state index < -0.39 is 69.1 Å². The second kappa shape index (κ2) is 21.4. The first-order valence-electron chi connectivity index (χ1n) is 23.8. The molecule has 5 N–H and O–H groups in total. The fourth-order valence-electron chi connectivity index (χ4n) is 8.84. The Bertz CT molecular complexity index is 2660. The van der Waals surface area contributed by atoms with Crippen LogP contribution in [-0.4, -0.2) is 103 Å². The molecule has 1 saturated heterocycles. The standard InChI is InChI=1S/C50H66N8O9S2/c1-30(2)22-33(53-48(62)67-49(5,6)7)23-44(59)58-28-35(66-42-26-39(40-29-68-47(55-40)52-31(3)4)54-38-24-34(65-8)19-20-36(38)42)25-41(58)45(60)56-50-27-32(50)16-12-10-9-11-15-21-51-37-17-13-14-18-43(37)69(63,64)57-46(50)61/h12-14,16-20,24,26,29-33,35,41,51H,9-11,15,21-23,25,27-28H2,1-8H3,(H,52,55)(H,53,62)(H,56,60)(H,57,61)/b16-12-/t32-,33+,35-,41+,50-/m1/s1. The van der Waals surface area contributed by atoms with E-state index in [-0.39, 0.29) is 42.7 Å². The number of ether oxygens (including phenoxy) is 3. The smallest absolute Gasteiger partial charge is 0.407 e. The summed E-state index contributed by atoms with van der Waals surface area (Å²) in [5.74, 6) is -1.34. The van der Waals surface area contributed by atoms with Gasteiger partial charge in [-0.05, 0) is 96.9 Å². The Morgan fingerprint density at radius 1 is 1.01 bits per heavy atom. The third-order valence-electron chi connectivity index (χ3n) is 12.1. The second-order valence-electron chi connectivity index (χ2n) is 19.8. The fraction of sp³-hybridized carbons (Fsp3) is 0.520. The van der Waals surface area contributed by atoms with Gasteiger partial charge >= 0.3 is 6.09 Å². The number of nitrogens with one attached hydrogen (secondary N) is 5. The summed E-state index contributed by atoms with van der Waals surface area (Å²) in [6.07, 6.45) is 6.25. The molecule has 17 nitrogen and oxygen atoms in total. The number of benzene rings is 2. The van der Waals surface area contributed by atoms with Crippen molar-refractivity contribution in [2.45, 2.75) is 140 Å². The van der Waals surface area contributed by atoms with Crippen molar-refractivity contribution in [2.24, 2.45) is 11.8 Å². The maximum absolute atomic E-state index is 14.9. The van der Waals surface area contributed by atoms with Gasteiger partial charge in [-0.3, -0.25) is 14.4 Å². The van der Waals surface area contributed by atoms with Gasteiger partial charge in [-0.15, -0.1) is 11.3 Å². The van der Waals surface area contributed by atoms with Gasteiger partial charge in [0, 0.05) is 60.3 Å². The van der Waals surface area contributed by atoms with Crippen LogP contribution in [0.5, 0.6) is 11.5 Å². The maximum atomic E-state index is 14.9. The highest BCUT2D eigenvalue weighted by molar-refractivity contribution is 7.90. The molecule has 4 heterocycles. The normalized spacial score (nSPS) is 22.4. The number of pyridine rings is 1. The summed E-state index contributed by atoms with van der Waals surface area (Å²) in [6.45, 7) is 13.8. The zero-order valence-electron chi connectivity index (χ0n) is 40.7. The Morgan fingerprint density at radius 3 is 2.54 bits per heavy atom. The number of allylic oxidation sites excluding steroid dienone is 1. The van der Waals surface area contributed by atoms with E-state index in [1.165, 1.54) is 22.3 Å². The van der Waals surface area contributed by atoms with Gasteiger partial charge in [0.05, 0.1) is 30.6 Å². The fourth-order valence-corrected chi connectivity index (χ4v) is 10.9. The number of rotatable bonds is 13. The van der Waals surface area contributed by atoms with Crippen LogP contribution in [0.3, 0.4) is 0 Å². The molecule has 0 radical (unpaired) electrons. The van der Waals surface area contributed by atoms with Crippen molar-refractivity contribution in [3.05, 3.63) is 66.1 Å². The number of anilines is 2. The number of alkyl carbamates (subject to hydrolysis) is 1. The molecule has 372 valence electrons. The Morgan fingerprint density at radius 2 is 1.80 bits per heavy atom. The number of thiazole rings is 1. The molecule has 5 atom stereocenters. The van der Waals surface area contributed by atoms with Crippen molar-refractivity contribution in [3.63, 3.8) is 0 Å². The van der Waals surface area contributed by atoms with Crippen LogP contribution in [0.25, 0.3) is 22.3 Å². The van der Waals surface area contributed by atoms with E-state index in [1.54, 1.807) is 64.3 Å². The molecule has 7 rings (SSSR count). The third kappa shape index (κ3) is 12.8. The molecule has 1 aliphatic carbocycles. The van der Waals surface area contributed by atoms with Crippen molar-refractivity contribution in [3.8, 4) is 22.9 Å². The van der Waals surface area contributed by atoms with Crippen LogP contribution in [0.1, 0.15) is 99.8 Å². The highest BCUT2D eigenvalue weighted by atomic mass is 32.2. The number of hydrogen-bond acceptors (Lipinski definition) is 14. The van der Waals surface area contributed by atoms with Crippen LogP contribution in [0.15, 0.2) is 71.0 Å². The molecule has 19 heteroatoms. The zero-order chi connectivity index (χ0) is 49.7. The van der Waals surface area contributed by atoms with Gasteiger partial charge < -0.3 is 40.4 Å². The Balaban J connectivity index is 1.22. The average molecular weight is 987 g/mol. The lowest BCUT2D eigenvalue weighted by atomic mass is 10.0. The molecule has 2 aliphatic heterocycles. The van der Waals surface area contributed by atoms with Crippen LogP contribution in [0.2, 0.25) is 0 Å². The van der Waals surface area contributed by atoms with Gasteiger partial charge in [0.1, 0.15) is 45.4 Å². The number of nitrogens with zero attached hydrogens (tertiary/aromatic N) is 3. The van der Waals surface area contributed by atoms with Gasteiger partial charge in [-0.25, -0.2) is 27.9 Å². The first kappa shape index (κ1) is 50.9. The molecule has 0 bridgehead atoms. The van der Waals surface area contributed by atoms with Gasteiger partial charge in [-0.2, -0.15) is 0 Å². The van der Waals surface area contributed by atoms with Gasteiger partial charge in [0.2, 0.25) is 11.8 Å². The molecule has 0 spiro atoms. The summed E-state index contributed by atoms with van der Waals surface area (Å²) in [5, 5.41) is 15.7. The van der Waals surface area contributed by atoms with Crippen molar-refractivity contribution >= 4 is 66.9 Å². The first-order valence-corrected chi connectivity index (χ1v) is 26.2. The van der Waals surface area contributed by atoms with Crippen molar-refractivity contribution < 1.29 is 41.8 Å². The van der Waals surface area contributed by atoms with E-state index in [1.807, 2.05) is 51.3 Å². The molecule has 2 aromatic heterocycles. The van der Waals surface area contributed by atoms with E-state index in [2.05, 4.69) is 26.0 Å². The number of carbonyl (C=O) groups excluding carboxylic acids is 4. The van der Waals surface area contributed by atoms with Crippen LogP contribution in [0, 0.1) is 11.8 Å². The molecule has 2 fully saturated rings. The Labute approximate surface area is 409 Å². The van der Waals surface area contributed by atoms with E-state index in [4.69, 9.17) is 24.2 Å². The van der Waals surface area contributed by atoms with E-state index in [0.717, 1.165) is 30.8 Å². The molecular formula is C50H66N8O9S2. The number of fused-ring (bicyclic) bond motifs is 3. The number of likely N-dealkylation sites (tertiary alicyclic amines) is 1. The van der Waals surface area contributed by atoms with Crippen molar-refractivity contribution in [1.82, 2.24) is 30.2 Å². The number of aromatic nitrogens is 2. The monoisotopic (exact) mass is 986 g/mol.